The molecule has 0 amide bonds. The van der Waals surface area contributed by atoms with Gasteiger partial charge in [-0.15, -0.1) is 0 Å². The molecule has 126 valence electrons. The Morgan fingerprint density at radius 1 is 1.26 bits per heavy atom. The highest BCUT2D eigenvalue weighted by molar-refractivity contribution is 6.03. The van der Waals surface area contributed by atoms with Crippen molar-refractivity contribution in [2.75, 3.05) is 0 Å². The van der Waals surface area contributed by atoms with E-state index in [4.69, 9.17) is 0 Å². The van der Waals surface area contributed by atoms with Crippen LogP contribution in [0.5, 0.6) is 0 Å². The Labute approximate surface area is 138 Å². The van der Waals surface area contributed by atoms with Crippen molar-refractivity contribution in [3.05, 3.63) is 22.8 Å². The van der Waals surface area contributed by atoms with Gasteiger partial charge in [-0.05, 0) is 49.0 Å². The fourth-order valence-corrected chi connectivity index (χ4v) is 5.00. The number of allylic oxidation sites excluding steroid dienone is 3. The quantitative estimate of drug-likeness (QED) is 0.695. The van der Waals surface area contributed by atoms with Gasteiger partial charge in [0.25, 0.3) is 0 Å². The first-order valence-corrected chi connectivity index (χ1v) is 8.86. The third-order valence-corrected chi connectivity index (χ3v) is 6.38. The van der Waals surface area contributed by atoms with Crippen molar-refractivity contribution in [1.29, 1.82) is 0 Å². The summed E-state index contributed by atoms with van der Waals surface area (Å²) in [6, 6.07) is 0. The molecular formula is C20H28O3. The molecule has 23 heavy (non-hydrogen) atoms. The molecule has 0 aromatic rings. The Hall–Kier alpha value is -1.22. The second kappa shape index (κ2) is 5.70. The van der Waals surface area contributed by atoms with Crippen molar-refractivity contribution < 1.29 is 14.7 Å². The molecule has 0 aromatic heterocycles. The fourth-order valence-electron chi connectivity index (χ4n) is 5.00. The molecule has 3 nitrogen and oxygen atoms in total. The van der Waals surface area contributed by atoms with E-state index in [9.17, 15) is 14.7 Å². The highest BCUT2D eigenvalue weighted by atomic mass is 16.3. The Bertz CT molecular complexity index is 608. The number of aliphatic hydroxyl groups is 1. The number of aliphatic hydroxyl groups excluding tert-OH is 1. The number of carbonyl (C=O) groups is 2. The molecule has 3 heteroatoms. The van der Waals surface area contributed by atoms with Gasteiger partial charge >= 0.3 is 0 Å². The topological polar surface area (TPSA) is 54.4 Å². The van der Waals surface area contributed by atoms with Crippen LogP contribution in [-0.2, 0) is 9.59 Å². The molecule has 3 rings (SSSR count). The molecule has 0 heterocycles. The van der Waals surface area contributed by atoms with E-state index >= 15 is 0 Å². The number of Topliss-reactive ketones (excluding diaryl/α,β-unsaturated/α-hetero) is 2. The van der Waals surface area contributed by atoms with E-state index in [1.807, 2.05) is 13.8 Å². The minimum atomic E-state index is -0.685. The summed E-state index contributed by atoms with van der Waals surface area (Å²) >= 11 is 0. The average Bonchev–Trinajstić information content (AvgIpc) is 2.69. The first kappa shape index (κ1) is 16.6. The van der Waals surface area contributed by atoms with Gasteiger partial charge in [0, 0.05) is 18.4 Å². The maximum Gasteiger partial charge on any atom is 0.165 e. The predicted molar refractivity (Wildman–Crippen MR) is 89.8 cm³/mol. The van der Waals surface area contributed by atoms with Crippen molar-refractivity contribution in [3.63, 3.8) is 0 Å². The summed E-state index contributed by atoms with van der Waals surface area (Å²) in [5, 5.41) is 10.8. The molecule has 0 saturated carbocycles. The molecule has 3 bridgehead atoms. The van der Waals surface area contributed by atoms with Gasteiger partial charge in [-0.1, -0.05) is 32.4 Å². The molecule has 4 atom stereocenters. The molecule has 0 unspecified atom stereocenters. The molecular weight excluding hydrogens is 288 g/mol. The van der Waals surface area contributed by atoms with E-state index in [2.05, 4.69) is 19.9 Å². The molecule has 3 aliphatic rings. The Balaban J connectivity index is 2.08. The molecule has 0 radical (unpaired) electrons. The minimum Gasteiger partial charge on any atom is -0.388 e. The molecule has 1 N–H and O–H groups in total. The van der Waals surface area contributed by atoms with Gasteiger partial charge in [-0.3, -0.25) is 9.59 Å². The van der Waals surface area contributed by atoms with E-state index in [0.717, 1.165) is 36.0 Å². The zero-order valence-electron chi connectivity index (χ0n) is 14.7. The van der Waals surface area contributed by atoms with Crippen LogP contribution in [0.4, 0.5) is 0 Å². The third-order valence-electron chi connectivity index (χ3n) is 6.38. The number of carbonyl (C=O) groups excluding carboxylic acids is 2. The van der Waals surface area contributed by atoms with E-state index in [0.29, 0.717) is 18.8 Å². The first-order chi connectivity index (χ1) is 10.7. The summed E-state index contributed by atoms with van der Waals surface area (Å²) in [7, 11) is 0. The lowest BCUT2D eigenvalue weighted by Crippen LogP contribution is -2.34. The fraction of sp³-hybridized carbons (Fsp3) is 0.700. The number of ketones is 2. The smallest absolute Gasteiger partial charge is 0.165 e. The van der Waals surface area contributed by atoms with Crippen LogP contribution in [-0.4, -0.2) is 22.8 Å². The average molecular weight is 316 g/mol. The van der Waals surface area contributed by atoms with Crippen molar-refractivity contribution in [2.45, 2.75) is 65.9 Å². The van der Waals surface area contributed by atoms with E-state index in [1.165, 1.54) is 0 Å². The minimum absolute atomic E-state index is 0.0999. The van der Waals surface area contributed by atoms with Crippen molar-refractivity contribution in [3.8, 4) is 0 Å². The summed E-state index contributed by atoms with van der Waals surface area (Å²) in [5.41, 5.74) is 2.77. The zero-order valence-corrected chi connectivity index (χ0v) is 14.7. The van der Waals surface area contributed by atoms with Crippen LogP contribution in [0.1, 0.15) is 59.8 Å². The number of hydrogen-bond acceptors (Lipinski definition) is 3. The van der Waals surface area contributed by atoms with Crippen LogP contribution in [0.3, 0.4) is 0 Å². The molecule has 0 saturated heterocycles. The van der Waals surface area contributed by atoms with Crippen LogP contribution >= 0.6 is 0 Å². The number of rotatable bonds is 0. The summed E-state index contributed by atoms with van der Waals surface area (Å²) < 4.78 is 0. The molecule has 0 fully saturated rings. The third kappa shape index (κ3) is 2.63. The summed E-state index contributed by atoms with van der Waals surface area (Å²) in [5.74, 6) is 0.152. The molecule has 0 spiro atoms. The van der Waals surface area contributed by atoms with Crippen LogP contribution in [0, 0.1) is 23.2 Å². The first-order valence-electron chi connectivity index (χ1n) is 8.86. The van der Waals surface area contributed by atoms with Gasteiger partial charge in [0.05, 0.1) is 12.0 Å². The van der Waals surface area contributed by atoms with Gasteiger partial charge in [0.15, 0.2) is 5.78 Å². The summed E-state index contributed by atoms with van der Waals surface area (Å²) in [6.45, 7) is 8.29. The van der Waals surface area contributed by atoms with Crippen LogP contribution in [0.15, 0.2) is 22.8 Å². The van der Waals surface area contributed by atoms with Crippen LogP contribution in [0.2, 0.25) is 0 Å². The Morgan fingerprint density at radius 3 is 2.65 bits per heavy atom. The van der Waals surface area contributed by atoms with Gasteiger partial charge in [-0.25, -0.2) is 0 Å². The SMILES string of the molecule is C/C1=C/C[C@H]2CCC3=C(C(=O)[C@@H]([C@@H](C)CC(=O)C1)[C@H]3O)C2(C)C. The van der Waals surface area contributed by atoms with Gasteiger partial charge < -0.3 is 5.11 Å². The second-order valence-corrected chi connectivity index (χ2v) is 8.38. The van der Waals surface area contributed by atoms with Crippen molar-refractivity contribution in [2.24, 2.45) is 23.2 Å². The maximum atomic E-state index is 13.1. The Kier molecular flexibility index (Phi) is 4.12. The molecule has 3 aliphatic carbocycles. The zero-order chi connectivity index (χ0) is 16.9. The van der Waals surface area contributed by atoms with E-state index < -0.39 is 12.0 Å². The standard InChI is InChI=1S/C20H28O3/c1-11-5-6-13-7-8-15-17(20(13,3)4)19(23)16(18(15)22)12(2)10-14(21)9-11/h5,12-13,16,18,22H,6-10H2,1-4H3/b11-5-/t12-,13-,16-,18-/m0/s1. The van der Waals surface area contributed by atoms with Crippen LogP contribution in [0.25, 0.3) is 0 Å². The summed E-state index contributed by atoms with van der Waals surface area (Å²) in [4.78, 5) is 25.3. The lowest BCUT2D eigenvalue weighted by molar-refractivity contribution is -0.124. The highest BCUT2D eigenvalue weighted by Gasteiger charge is 2.52. The number of hydrogen-bond donors (Lipinski definition) is 1. The highest BCUT2D eigenvalue weighted by Crippen LogP contribution is 2.53. The predicted octanol–water partition coefficient (Wildman–Crippen LogP) is 3.61. The Morgan fingerprint density at radius 2 is 1.96 bits per heavy atom. The monoisotopic (exact) mass is 316 g/mol. The summed E-state index contributed by atoms with van der Waals surface area (Å²) in [6.07, 6.45) is 5.09. The van der Waals surface area contributed by atoms with Gasteiger partial charge in [-0.2, -0.15) is 0 Å². The largest absolute Gasteiger partial charge is 0.388 e. The lowest BCUT2D eigenvalue weighted by atomic mass is 9.64. The lowest BCUT2D eigenvalue weighted by Gasteiger charge is -2.40. The maximum absolute atomic E-state index is 13.1. The normalized spacial score (nSPS) is 39.8. The number of fused-ring (bicyclic) bond motifs is 2. The van der Waals surface area contributed by atoms with Crippen LogP contribution < -0.4 is 0 Å². The van der Waals surface area contributed by atoms with Crippen molar-refractivity contribution >= 4 is 11.6 Å². The second-order valence-electron chi connectivity index (χ2n) is 8.38. The molecule has 0 aliphatic heterocycles. The van der Waals surface area contributed by atoms with E-state index in [-0.39, 0.29) is 22.9 Å². The van der Waals surface area contributed by atoms with Gasteiger partial charge in [0.1, 0.15) is 5.78 Å². The van der Waals surface area contributed by atoms with Crippen molar-refractivity contribution in [1.82, 2.24) is 0 Å². The molecule has 0 aromatic carbocycles. The van der Waals surface area contributed by atoms with Gasteiger partial charge in [0.2, 0.25) is 0 Å². The van der Waals surface area contributed by atoms with E-state index in [1.54, 1.807) is 0 Å².